The monoisotopic (exact) mass is 253 g/mol. The van der Waals surface area contributed by atoms with Crippen LogP contribution in [0, 0.1) is 5.92 Å². The molecule has 5 unspecified atom stereocenters. The van der Waals surface area contributed by atoms with Gasteiger partial charge in [-0.25, -0.2) is 0 Å². The Morgan fingerprint density at radius 1 is 1.22 bits per heavy atom. The van der Waals surface area contributed by atoms with Crippen molar-refractivity contribution in [2.45, 2.75) is 63.3 Å². The van der Waals surface area contributed by atoms with Gasteiger partial charge in [-0.05, 0) is 39.0 Å². The lowest BCUT2D eigenvalue weighted by molar-refractivity contribution is -0.146. The number of hydrogen-bond donors (Lipinski definition) is 1. The standard InChI is InChI=1S/C13H19NO4/c1-7-2-5-11(18-7)12(15)14-8-3-4-10(14)9(6-8)13(16)17/h7-11H,2-6H2,1H3,(H,16,17). The SMILES string of the molecule is CC1CCC(C(=O)N2C3CCC2C(C(=O)O)C3)O1. The number of fused-ring (bicyclic) bond motifs is 2. The van der Waals surface area contributed by atoms with Gasteiger partial charge in [0.2, 0.25) is 0 Å². The third-order valence-electron chi connectivity index (χ3n) is 4.62. The second-order valence-electron chi connectivity index (χ2n) is 5.74. The highest BCUT2D eigenvalue weighted by molar-refractivity contribution is 5.84. The van der Waals surface area contributed by atoms with E-state index in [2.05, 4.69) is 0 Å². The molecule has 0 radical (unpaired) electrons. The first kappa shape index (κ1) is 12.0. The maximum atomic E-state index is 12.4. The van der Waals surface area contributed by atoms with Crippen LogP contribution in [-0.2, 0) is 14.3 Å². The number of carboxylic acid groups (broad SMARTS) is 1. The molecule has 3 heterocycles. The molecule has 5 nitrogen and oxygen atoms in total. The van der Waals surface area contributed by atoms with Gasteiger partial charge >= 0.3 is 5.97 Å². The zero-order chi connectivity index (χ0) is 12.9. The minimum absolute atomic E-state index is 0.0237. The van der Waals surface area contributed by atoms with Crippen molar-refractivity contribution in [1.82, 2.24) is 4.90 Å². The van der Waals surface area contributed by atoms with E-state index in [4.69, 9.17) is 4.74 Å². The summed E-state index contributed by atoms with van der Waals surface area (Å²) in [6.07, 6.45) is 3.90. The Kier molecular flexibility index (Phi) is 2.81. The predicted octanol–water partition coefficient (Wildman–Crippen LogP) is 1.02. The molecule has 3 fully saturated rings. The van der Waals surface area contributed by atoms with Crippen molar-refractivity contribution in [2.24, 2.45) is 5.92 Å². The van der Waals surface area contributed by atoms with Crippen LogP contribution in [0.3, 0.4) is 0 Å². The smallest absolute Gasteiger partial charge is 0.308 e. The fourth-order valence-corrected chi connectivity index (χ4v) is 3.75. The number of hydrogen-bond acceptors (Lipinski definition) is 3. The van der Waals surface area contributed by atoms with Crippen LogP contribution in [-0.4, -0.2) is 46.2 Å². The van der Waals surface area contributed by atoms with Gasteiger partial charge in [-0.2, -0.15) is 0 Å². The van der Waals surface area contributed by atoms with Crippen molar-refractivity contribution in [3.8, 4) is 0 Å². The van der Waals surface area contributed by atoms with Gasteiger partial charge in [0.15, 0.2) is 0 Å². The van der Waals surface area contributed by atoms with Crippen LogP contribution < -0.4 is 0 Å². The second-order valence-corrected chi connectivity index (χ2v) is 5.74. The van der Waals surface area contributed by atoms with E-state index in [1.54, 1.807) is 0 Å². The average molecular weight is 253 g/mol. The molecule has 2 bridgehead atoms. The van der Waals surface area contributed by atoms with E-state index < -0.39 is 5.97 Å². The first-order valence-corrected chi connectivity index (χ1v) is 6.78. The summed E-state index contributed by atoms with van der Waals surface area (Å²) in [6.45, 7) is 1.98. The second kappa shape index (κ2) is 4.23. The van der Waals surface area contributed by atoms with Crippen molar-refractivity contribution >= 4 is 11.9 Å². The summed E-state index contributed by atoms with van der Waals surface area (Å²) in [5.74, 6) is -1.11. The molecule has 5 atom stereocenters. The fourth-order valence-electron chi connectivity index (χ4n) is 3.75. The lowest BCUT2D eigenvalue weighted by Gasteiger charge is -2.26. The summed E-state index contributed by atoms with van der Waals surface area (Å²) in [4.78, 5) is 25.4. The summed E-state index contributed by atoms with van der Waals surface area (Å²) in [7, 11) is 0. The maximum absolute atomic E-state index is 12.4. The zero-order valence-electron chi connectivity index (χ0n) is 10.5. The van der Waals surface area contributed by atoms with E-state index in [0.717, 1.165) is 25.7 Å². The molecule has 100 valence electrons. The predicted molar refractivity (Wildman–Crippen MR) is 63.0 cm³/mol. The Morgan fingerprint density at radius 3 is 2.56 bits per heavy atom. The van der Waals surface area contributed by atoms with Crippen LogP contribution in [0.1, 0.15) is 39.0 Å². The molecule has 3 rings (SSSR count). The third-order valence-corrected chi connectivity index (χ3v) is 4.62. The summed E-state index contributed by atoms with van der Waals surface area (Å²) in [5.41, 5.74) is 0. The molecule has 3 aliphatic rings. The average Bonchev–Trinajstić information content (AvgIpc) is 3.01. The van der Waals surface area contributed by atoms with Crippen LogP contribution in [0.4, 0.5) is 0 Å². The van der Waals surface area contributed by atoms with Gasteiger partial charge in [0, 0.05) is 12.1 Å². The van der Waals surface area contributed by atoms with Gasteiger partial charge in [0.1, 0.15) is 6.10 Å². The van der Waals surface area contributed by atoms with Crippen molar-refractivity contribution in [3.63, 3.8) is 0 Å². The molecule has 0 aromatic rings. The molecule has 18 heavy (non-hydrogen) atoms. The topological polar surface area (TPSA) is 66.8 Å². The summed E-state index contributed by atoms with van der Waals surface area (Å²) < 4.78 is 5.62. The summed E-state index contributed by atoms with van der Waals surface area (Å²) >= 11 is 0. The summed E-state index contributed by atoms with van der Waals surface area (Å²) in [5, 5.41) is 9.17. The number of amides is 1. The van der Waals surface area contributed by atoms with Gasteiger partial charge in [0.05, 0.1) is 12.0 Å². The van der Waals surface area contributed by atoms with E-state index in [1.807, 2.05) is 11.8 Å². The van der Waals surface area contributed by atoms with E-state index in [1.165, 1.54) is 0 Å². The highest BCUT2D eigenvalue weighted by atomic mass is 16.5. The number of ether oxygens (including phenoxy) is 1. The van der Waals surface area contributed by atoms with Crippen molar-refractivity contribution in [2.75, 3.05) is 0 Å². The normalized spacial score (nSPS) is 42.5. The lowest BCUT2D eigenvalue weighted by Crippen LogP contribution is -2.43. The van der Waals surface area contributed by atoms with E-state index in [-0.39, 0.29) is 36.1 Å². The Bertz CT molecular complexity index is 383. The summed E-state index contributed by atoms with van der Waals surface area (Å²) in [6, 6.07) is 0.0302. The molecule has 0 saturated carbocycles. The molecule has 1 N–H and O–H groups in total. The molecule has 0 aromatic heterocycles. The van der Waals surface area contributed by atoms with E-state index in [0.29, 0.717) is 6.42 Å². The maximum Gasteiger partial charge on any atom is 0.308 e. The molecular weight excluding hydrogens is 234 g/mol. The number of aliphatic carboxylic acids is 1. The van der Waals surface area contributed by atoms with Gasteiger partial charge in [-0.15, -0.1) is 0 Å². The molecule has 3 saturated heterocycles. The Labute approximate surface area is 106 Å². The minimum Gasteiger partial charge on any atom is -0.481 e. The van der Waals surface area contributed by atoms with Crippen molar-refractivity contribution in [3.05, 3.63) is 0 Å². The van der Waals surface area contributed by atoms with E-state index in [9.17, 15) is 14.7 Å². The Morgan fingerprint density at radius 2 is 2.00 bits per heavy atom. The molecular formula is C13H19NO4. The van der Waals surface area contributed by atoms with Crippen LogP contribution in [0.2, 0.25) is 0 Å². The highest BCUT2D eigenvalue weighted by Gasteiger charge is 2.52. The first-order chi connectivity index (χ1) is 8.58. The molecule has 0 spiro atoms. The Hall–Kier alpha value is -1.10. The van der Waals surface area contributed by atoms with Gasteiger partial charge < -0.3 is 14.7 Å². The largest absolute Gasteiger partial charge is 0.481 e. The Balaban J connectivity index is 1.73. The number of carbonyl (C=O) groups excluding carboxylic acids is 1. The van der Waals surface area contributed by atoms with Crippen LogP contribution in [0.15, 0.2) is 0 Å². The van der Waals surface area contributed by atoms with Crippen LogP contribution >= 0.6 is 0 Å². The number of carboxylic acids is 1. The number of carbonyl (C=O) groups is 2. The van der Waals surface area contributed by atoms with Gasteiger partial charge in [0.25, 0.3) is 5.91 Å². The highest BCUT2D eigenvalue weighted by Crippen LogP contribution is 2.42. The van der Waals surface area contributed by atoms with Crippen molar-refractivity contribution in [1.29, 1.82) is 0 Å². The number of rotatable bonds is 2. The molecule has 5 heteroatoms. The van der Waals surface area contributed by atoms with Gasteiger partial charge in [-0.1, -0.05) is 0 Å². The number of nitrogens with zero attached hydrogens (tertiary/aromatic N) is 1. The van der Waals surface area contributed by atoms with Crippen molar-refractivity contribution < 1.29 is 19.4 Å². The van der Waals surface area contributed by atoms with Crippen LogP contribution in [0.25, 0.3) is 0 Å². The minimum atomic E-state index is -0.763. The molecule has 0 aliphatic carbocycles. The molecule has 0 aromatic carbocycles. The quantitative estimate of drug-likeness (QED) is 0.797. The van der Waals surface area contributed by atoms with Crippen LogP contribution in [0.5, 0.6) is 0 Å². The third kappa shape index (κ3) is 1.72. The van der Waals surface area contributed by atoms with Gasteiger partial charge in [-0.3, -0.25) is 9.59 Å². The van der Waals surface area contributed by atoms with E-state index >= 15 is 0 Å². The fraction of sp³-hybridized carbons (Fsp3) is 0.846. The lowest BCUT2D eigenvalue weighted by atomic mass is 9.89. The zero-order valence-corrected chi connectivity index (χ0v) is 10.5. The first-order valence-electron chi connectivity index (χ1n) is 6.78. The molecule has 3 aliphatic heterocycles. The molecule has 1 amide bonds.